The van der Waals surface area contributed by atoms with Gasteiger partial charge < -0.3 is 9.64 Å². The van der Waals surface area contributed by atoms with Crippen LogP contribution in [0.25, 0.3) is 0 Å². The van der Waals surface area contributed by atoms with Crippen molar-refractivity contribution in [3.63, 3.8) is 0 Å². The van der Waals surface area contributed by atoms with Gasteiger partial charge in [0.15, 0.2) is 0 Å². The van der Waals surface area contributed by atoms with Gasteiger partial charge in [-0.05, 0) is 19.8 Å². The van der Waals surface area contributed by atoms with Crippen molar-refractivity contribution in [3.8, 4) is 0 Å². The summed E-state index contributed by atoms with van der Waals surface area (Å²) < 4.78 is 31.7. The van der Waals surface area contributed by atoms with Crippen LogP contribution in [-0.4, -0.2) is 51.2 Å². The van der Waals surface area contributed by atoms with E-state index in [1.165, 1.54) is 0 Å². The molecule has 1 amide bonds. The normalized spacial score (nSPS) is 24.3. The van der Waals surface area contributed by atoms with Gasteiger partial charge in [0.25, 0.3) is 5.91 Å². The van der Waals surface area contributed by atoms with Gasteiger partial charge in [0.2, 0.25) is 10.0 Å². The van der Waals surface area contributed by atoms with E-state index in [9.17, 15) is 13.2 Å². The lowest BCUT2D eigenvalue weighted by Crippen LogP contribution is -2.39. The molecule has 0 radical (unpaired) electrons. The van der Waals surface area contributed by atoms with Crippen LogP contribution in [0.15, 0.2) is 11.3 Å². The summed E-state index contributed by atoms with van der Waals surface area (Å²) in [6.07, 6.45) is 4.38. The number of amides is 1. The second kappa shape index (κ2) is 7.26. The number of allylic oxidation sites excluding steroid dienone is 1. The average Bonchev–Trinajstić information content (AvgIpc) is 2.84. The Balaban J connectivity index is 2.07. The number of nitrogens with one attached hydrogen (secondary N) is 1. The SMILES string of the molecule is CC1=C(C(=O)N2CCCCCCNS(=O)(=O)CC2)CCO1. The molecule has 0 spiro atoms. The van der Waals surface area contributed by atoms with Gasteiger partial charge >= 0.3 is 0 Å². The highest BCUT2D eigenvalue weighted by molar-refractivity contribution is 7.89. The third-order valence-corrected chi connectivity index (χ3v) is 5.31. The van der Waals surface area contributed by atoms with Crippen LogP contribution in [-0.2, 0) is 19.6 Å². The second-order valence-electron chi connectivity index (χ2n) is 5.55. The van der Waals surface area contributed by atoms with Crippen molar-refractivity contribution in [1.82, 2.24) is 9.62 Å². The minimum absolute atomic E-state index is 0.0358. The van der Waals surface area contributed by atoms with E-state index in [0.717, 1.165) is 25.7 Å². The van der Waals surface area contributed by atoms with Crippen molar-refractivity contribution in [2.45, 2.75) is 39.0 Å². The van der Waals surface area contributed by atoms with Gasteiger partial charge in [-0.15, -0.1) is 0 Å². The fourth-order valence-corrected chi connectivity index (χ4v) is 3.70. The predicted octanol–water partition coefficient (Wildman–Crippen LogP) is 1.00. The number of carbonyl (C=O) groups excluding carboxylic acids is 1. The van der Waals surface area contributed by atoms with Crippen molar-refractivity contribution in [2.24, 2.45) is 0 Å². The summed E-state index contributed by atoms with van der Waals surface area (Å²) in [4.78, 5) is 14.2. The lowest BCUT2D eigenvalue weighted by Gasteiger charge is -2.23. The molecule has 0 aliphatic carbocycles. The molecule has 0 aromatic carbocycles. The standard InChI is InChI=1S/C14H24N2O4S/c1-12-13(6-10-20-12)14(17)16-8-5-3-2-4-7-15-21(18,19)11-9-16/h15H,2-11H2,1H3. The van der Waals surface area contributed by atoms with Crippen molar-refractivity contribution in [1.29, 1.82) is 0 Å². The van der Waals surface area contributed by atoms with Gasteiger partial charge in [-0.3, -0.25) is 4.79 Å². The summed E-state index contributed by atoms with van der Waals surface area (Å²) in [5.41, 5.74) is 0.690. The van der Waals surface area contributed by atoms with Crippen LogP contribution in [0.1, 0.15) is 39.0 Å². The number of hydrogen-bond acceptors (Lipinski definition) is 4. The lowest BCUT2D eigenvalue weighted by molar-refractivity contribution is -0.127. The molecule has 0 unspecified atom stereocenters. The summed E-state index contributed by atoms with van der Waals surface area (Å²) in [7, 11) is -3.29. The lowest BCUT2D eigenvalue weighted by atomic mass is 10.1. The van der Waals surface area contributed by atoms with E-state index >= 15 is 0 Å². The van der Waals surface area contributed by atoms with Crippen LogP contribution >= 0.6 is 0 Å². The summed E-state index contributed by atoms with van der Waals surface area (Å²) >= 11 is 0. The Morgan fingerprint density at radius 1 is 1.19 bits per heavy atom. The summed E-state index contributed by atoms with van der Waals surface area (Å²) in [6.45, 7) is 3.69. The Kier molecular flexibility index (Phi) is 5.64. The minimum atomic E-state index is -3.29. The molecule has 2 rings (SSSR count). The fourth-order valence-electron chi connectivity index (χ4n) is 2.64. The van der Waals surface area contributed by atoms with Crippen molar-refractivity contribution < 1.29 is 17.9 Å². The first-order valence-corrected chi connectivity index (χ1v) is 9.24. The van der Waals surface area contributed by atoms with E-state index in [4.69, 9.17) is 4.74 Å². The van der Waals surface area contributed by atoms with Gasteiger partial charge in [-0.2, -0.15) is 0 Å². The van der Waals surface area contributed by atoms with Crippen LogP contribution in [0.2, 0.25) is 0 Å². The molecule has 120 valence electrons. The first-order valence-electron chi connectivity index (χ1n) is 7.59. The van der Waals surface area contributed by atoms with Crippen LogP contribution in [0.3, 0.4) is 0 Å². The Bertz CT molecular complexity index is 513. The largest absolute Gasteiger partial charge is 0.497 e. The van der Waals surface area contributed by atoms with Crippen molar-refractivity contribution in [3.05, 3.63) is 11.3 Å². The summed E-state index contributed by atoms with van der Waals surface area (Å²) in [5, 5.41) is 0. The highest BCUT2D eigenvalue weighted by Gasteiger charge is 2.25. The maximum atomic E-state index is 12.5. The summed E-state index contributed by atoms with van der Waals surface area (Å²) in [5.74, 6) is 0.570. The molecular weight excluding hydrogens is 292 g/mol. The number of ether oxygens (including phenoxy) is 1. The highest BCUT2D eigenvalue weighted by Crippen LogP contribution is 2.21. The zero-order chi connectivity index (χ0) is 15.3. The molecule has 0 saturated carbocycles. The third-order valence-electron chi connectivity index (χ3n) is 3.95. The molecule has 1 saturated heterocycles. The molecule has 2 aliphatic heterocycles. The minimum Gasteiger partial charge on any atom is -0.497 e. The van der Waals surface area contributed by atoms with E-state index in [2.05, 4.69) is 4.72 Å². The third kappa shape index (κ3) is 4.71. The molecule has 1 N–H and O–H groups in total. The molecule has 2 aliphatic rings. The molecule has 0 aromatic heterocycles. The fraction of sp³-hybridized carbons (Fsp3) is 0.786. The molecule has 7 heteroatoms. The number of carbonyl (C=O) groups is 1. The monoisotopic (exact) mass is 316 g/mol. The molecule has 0 atom stereocenters. The van der Waals surface area contributed by atoms with Crippen LogP contribution in [0.5, 0.6) is 0 Å². The van der Waals surface area contributed by atoms with Crippen LogP contribution in [0.4, 0.5) is 0 Å². The van der Waals surface area contributed by atoms with Crippen molar-refractivity contribution in [2.75, 3.05) is 32.0 Å². The molecule has 21 heavy (non-hydrogen) atoms. The maximum absolute atomic E-state index is 12.5. The highest BCUT2D eigenvalue weighted by atomic mass is 32.2. The topological polar surface area (TPSA) is 75.7 Å². The zero-order valence-corrected chi connectivity index (χ0v) is 13.4. The number of nitrogens with zero attached hydrogens (tertiary/aromatic N) is 1. The zero-order valence-electron chi connectivity index (χ0n) is 12.6. The molecule has 2 heterocycles. The second-order valence-corrected chi connectivity index (χ2v) is 7.48. The molecule has 1 fully saturated rings. The Morgan fingerprint density at radius 3 is 2.67 bits per heavy atom. The van der Waals surface area contributed by atoms with Gasteiger partial charge in [-0.25, -0.2) is 13.1 Å². The van der Waals surface area contributed by atoms with E-state index in [1.807, 2.05) is 0 Å². The van der Waals surface area contributed by atoms with Gasteiger partial charge in [-0.1, -0.05) is 12.8 Å². The Labute approximate surface area is 126 Å². The van der Waals surface area contributed by atoms with Gasteiger partial charge in [0.1, 0.15) is 5.76 Å². The predicted molar refractivity (Wildman–Crippen MR) is 80.1 cm³/mol. The van der Waals surface area contributed by atoms with Gasteiger partial charge in [0, 0.05) is 26.1 Å². The maximum Gasteiger partial charge on any atom is 0.253 e. The number of rotatable bonds is 1. The first kappa shape index (κ1) is 16.3. The van der Waals surface area contributed by atoms with E-state index in [0.29, 0.717) is 37.4 Å². The van der Waals surface area contributed by atoms with Gasteiger partial charge in [0.05, 0.1) is 17.9 Å². The van der Waals surface area contributed by atoms with E-state index in [-0.39, 0.29) is 18.2 Å². The first-order chi connectivity index (χ1) is 9.99. The van der Waals surface area contributed by atoms with E-state index < -0.39 is 10.0 Å². The summed E-state index contributed by atoms with van der Waals surface area (Å²) in [6, 6.07) is 0. The molecule has 6 nitrogen and oxygen atoms in total. The molecular formula is C14H24N2O4S. The van der Waals surface area contributed by atoms with Crippen LogP contribution < -0.4 is 4.72 Å². The molecule has 0 aromatic rings. The Hall–Kier alpha value is -1.08. The Morgan fingerprint density at radius 2 is 1.95 bits per heavy atom. The van der Waals surface area contributed by atoms with Crippen LogP contribution in [0, 0.1) is 0 Å². The smallest absolute Gasteiger partial charge is 0.253 e. The van der Waals surface area contributed by atoms with Crippen molar-refractivity contribution >= 4 is 15.9 Å². The molecule has 0 bridgehead atoms. The quantitative estimate of drug-likeness (QED) is 0.783. The average molecular weight is 316 g/mol. The number of hydrogen-bond donors (Lipinski definition) is 1. The number of sulfonamides is 1. The van der Waals surface area contributed by atoms with E-state index in [1.54, 1.807) is 11.8 Å².